The van der Waals surface area contributed by atoms with Crippen molar-refractivity contribution in [2.75, 3.05) is 6.54 Å². The first-order valence-electron chi connectivity index (χ1n) is 7.81. The van der Waals surface area contributed by atoms with Gasteiger partial charge in [0.15, 0.2) is 0 Å². The van der Waals surface area contributed by atoms with Crippen molar-refractivity contribution in [2.24, 2.45) is 11.8 Å². The van der Waals surface area contributed by atoms with Crippen LogP contribution in [0.3, 0.4) is 0 Å². The van der Waals surface area contributed by atoms with E-state index in [0.717, 1.165) is 37.5 Å². The number of ether oxygens (including phenoxy) is 1. The summed E-state index contributed by atoms with van der Waals surface area (Å²) in [7, 11) is 0. The SMILES string of the molecule is CC(C)CNCc1cncc(OC2CCCC(C)C2)n1. The van der Waals surface area contributed by atoms with Gasteiger partial charge in [0, 0.05) is 12.7 Å². The van der Waals surface area contributed by atoms with Crippen molar-refractivity contribution in [2.45, 2.75) is 59.1 Å². The van der Waals surface area contributed by atoms with Crippen LogP contribution in [0.2, 0.25) is 0 Å². The lowest BCUT2D eigenvalue weighted by atomic mass is 9.89. The van der Waals surface area contributed by atoms with Gasteiger partial charge in [0.25, 0.3) is 0 Å². The van der Waals surface area contributed by atoms with Crippen LogP contribution in [0, 0.1) is 11.8 Å². The van der Waals surface area contributed by atoms with Crippen molar-refractivity contribution in [3.8, 4) is 5.88 Å². The number of nitrogens with zero attached hydrogens (tertiary/aromatic N) is 2. The molecular weight excluding hydrogens is 250 g/mol. The summed E-state index contributed by atoms with van der Waals surface area (Å²) in [6.07, 6.45) is 8.71. The fourth-order valence-corrected chi connectivity index (χ4v) is 2.67. The van der Waals surface area contributed by atoms with E-state index >= 15 is 0 Å². The van der Waals surface area contributed by atoms with Gasteiger partial charge in [-0.25, -0.2) is 4.98 Å². The molecule has 4 heteroatoms. The lowest BCUT2D eigenvalue weighted by Gasteiger charge is -2.26. The van der Waals surface area contributed by atoms with Crippen molar-refractivity contribution in [3.05, 3.63) is 18.1 Å². The van der Waals surface area contributed by atoms with E-state index in [9.17, 15) is 0 Å². The molecular formula is C16H27N3O. The van der Waals surface area contributed by atoms with E-state index in [1.807, 2.05) is 6.20 Å². The molecule has 1 saturated carbocycles. The van der Waals surface area contributed by atoms with E-state index in [-0.39, 0.29) is 0 Å². The summed E-state index contributed by atoms with van der Waals surface area (Å²) in [6, 6.07) is 0. The van der Waals surface area contributed by atoms with E-state index < -0.39 is 0 Å². The molecule has 1 aliphatic rings. The maximum absolute atomic E-state index is 5.99. The van der Waals surface area contributed by atoms with E-state index in [4.69, 9.17) is 4.74 Å². The third kappa shape index (κ3) is 5.08. The number of hydrogen-bond donors (Lipinski definition) is 1. The first-order valence-corrected chi connectivity index (χ1v) is 7.81. The van der Waals surface area contributed by atoms with Crippen molar-refractivity contribution in [1.82, 2.24) is 15.3 Å². The van der Waals surface area contributed by atoms with Crippen LogP contribution in [0.25, 0.3) is 0 Å². The van der Waals surface area contributed by atoms with Crippen LogP contribution in [-0.4, -0.2) is 22.6 Å². The molecule has 1 aromatic heterocycles. The minimum Gasteiger partial charge on any atom is -0.473 e. The maximum Gasteiger partial charge on any atom is 0.232 e. The smallest absolute Gasteiger partial charge is 0.232 e. The van der Waals surface area contributed by atoms with Crippen LogP contribution in [-0.2, 0) is 6.54 Å². The summed E-state index contributed by atoms with van der Waals surface area (Å²) in [4.78, 5) is 8.78. The monoisotopic (exact) mass is 277 g/mol. The molecule has 0 spiro atoms. The molecule has 4 nitrogen and oxygen atoms in total. The van der Waals surface area contributed by atoms with Crippen molar-refractivity contribution >= 4 is 0 Å². The summed E-state index contributed by atoms with van der Waals surface area (Å²) in [5, 5.41) is 3.38. The van der Waals surface area contributed by atoms with Gasteiger partial charge in [-0.15, -0.1) is 0 Å². The third-order valence-electron chi connectivity index (χ3n) is 3.70. The van der Waals surface area contributed by atoms with Crippen LogP contribution >= 0.6 is 0 Å². The average Bonchev–Trinajstić information content (AvgIpc) is 2.39. The van der Waals surface area contributed by atoms with Crippen molar-refractivity contribution in [3.63, 3.8) is 0 Å². The maximum atomic E-state index is 5.99. The van der Waals surface area contributed by atoms with Gasteiger partial charge in [-0.05, 0) is 37.6 Å². The first kappa shape index (κ1) is 15.2. The van der Waals surface area contributed by atoms with Crippen LogP contribution in [0.5, 0.6) is 5.88 Å². The van der Waals surface area contributed by atoms with Gasteiger partial charge in [-0.3, -0.25) is 4.98 Å². The molecule has 2 atom stereocenters. The van der Waals surface area contributed by atoms with Crippen molar-refractivity contribution in [1.29, 1.82) is 0 Å². The standard InChI is InChI=1S/C16H27N3O/c1-12(2)8-17-9-14-10-18-11-16(19-14)20-15-6-4-5-13(3)7-15/h10-13,15,17H,4-9H2,1-3H3. The highest BCUT2D eigenvalue weighted by atomic mass is 16.5. The molecule has 0 bridgehead atoms. The second kappa shape index (κ2) is 7.58. The zero-order valence-corrected chi connectivity index (χ0v) is 12.9. The van der Waals surface area contributed by atoms with Gasteiger partial charge in [0.1, 0.15) is 6.10 Å². The van der Waals surface area contributed by atoms with Crippen LogP contribution in [0.4, 0.5) is 0 Å². The Hall–Kier alpha value is -1.16. The molecule has 1 aliphatic carbocycles. The minimum absolute atomic E-state index is 0.312. The molecule has 1 aromatic rings. The largest absolute Gasteiger partial charge is 0.473 e. The molecule has 0 saturated heterocycles. The summed E-state index contributed by atoms with van der Waals surface area (Å²) < 4.78 is 5.99. The van der Waals surface area contributed by atoms with E-state index in [1.165, 1.54) is 12.8 Å². The normalized spacial score (nSPS) is 23.0. The Labute approximate surface area is 122 Å². The minimum atomic E-state index is 0.312. The van der Waals surface area contributed by atoms with Gasteiger partial charge < -0.3 is 10.1 Å². The Morgan fingerprint density at radius 2 is 2.20 bits per heavy atom. The van der Waals surface area contributed by atoms with E-state index in [2.05, 4.69) is 36.1 Å². The Morgan fingerprint density at radius 1 is 1.35 bits per heavy atom. The molecule has 20 heavy (non-hydrogen) atoms. The fourth-order valence-electron chi connectivity index (χ4n) is 2.67. The van der Waals surface area contributed by atoms with E-state index in [0.29, 0.717) is 17.9 Å². The fraction of sp³-hybridized carbons (Fsp3) is 0.750. The third-order valence-corrected chi connectivity index (χ3v) is 3.70. The summed E-state index contributed by atoms with van der Waals surface area (Å²) in [5.41, 5.74) is 0.951. The highest BCUT2D eigenvalue weighted by Crippen LogP contribution is 2.26. The van der Waals surface area contributed by atoms with Gasteiger partial charge >= 0.3 is 0 Å². The molecule has 2 rings (SSSR count). The quantitative estimate of drug-likeness (QED) is 0.867. The Morgan fingerprint density at radius 3 is 2.95 bits per heavy atom. The number of nitrogens with one attached hydrogen (secondary N) is 1. The van der Waals surface area contributed by atoms with Crippen LogP contribution < -0.4 is 10.1 Å². The summed E-state index contributed by atoms with van der Waals surface area (Å²) in [6.45, 7) is 8.44. The molecule has 1 heterocycles. The van der Waals surface area contributed by atoms with E-state index in [1.54, 1.807) is 6.20 Å². The number of aromatic nitrogens is 2. The van der Waals surface area contributed by atoms with Crippen molar-refractivity contribution < 1.29 is 4.74 Å². The predicted octanol–water partition coefficient (Wildman–Crippen LogP) is 3.18. The zero-order chi connectivity index (χ0) is 14.4. The molecule has 0 aromatic carbocycles. The van der Waals surface area contributed by atoms with Crippen LogP contribution in [0.15, 0.2) is 12.4 Å². The Balaban J connectivity index is 1.85. The predicted molar refractivity (Wildman–Crippen MR) is 80.6 cm³/mol. The Bertz CT molecular complexity index is 408. The molecule has 0 radical (unpaired) electrons. The Kier molecular flexibility index (Phi) is 5.77. The lowest BCUT2D eigenvalue weighted by Crippen LogP contribution is -2.25. The van der Waals surface area contributed by atoms with Gasteiger partial charge in [-0.2, -0.15) is 0 Å². The highest BCUT2D eigenvalue weighted by Gasteiger charge is 2.20. The molecule has 2 unspecified atom stereocenters. The zero-order valence-electron chi connectivity index (χ0n) is 12.9. The molecule has 1 fully saturated rings. The highest BCUT2D eigenvalue weighted by molar-refractivity contribution is 5.09. The lowest BCUT2D eigenvalue weighted by molar-refractivity contribution is 0.123. The number of hydrogen-bond acceptors (Lipinski definition) is 4. The van der Waals surface area contributed by atoms with Gasteiger partial charge in [0.2, 0.25) is 5.88 Å². The van der Waals surface area contributed by atoms with Gasteiger partial charge in [0.05, 0.1) is 11.9 Å². The topological polar surface area (TPSA) is 47.0 Å². The molecule has 1 N–H and O–H groups in total. The molecule has 0 aliphatic heterocycles. The second-order valence-electron chi connectivity index (χ2n) is 6.39. The number of rotatable bonds is 6. The molecule has 112 valence electrons. The summed E-state index contributed by atoms with van der Waals surface area (Å²) in [5.74, 6) is 2.08. The first-order chi connectivity index (χ1) is 9.63. The van der Waals surface area contributed by atoms with Crippen LogP contribution in [0.1, 0.15) is 52.1 Å². The summed E-state index contributed by atoms with van der Waals surface area (Å²) >= 11 is 0. The molecule has 0 amide bonds. The van der Waals surface area contributed by atoms with Gasteiger partial charge in [-0.1, -0.05) is 27.2 Å². The average molecular weight is 277 g/mol. The second-order valence-corrected chi connectivity index (χ2v) is 6.39.